The number of furan rings is 2. The minimum absolute atomic E-state index is 0.848. The van der Waals surface area contributed by atoms with E-state index in [1.54, 1.807) is 0 Å². The maximum Gasteiger partial charge on any atom is 0.137 e. The molecule has 0 spiro atoms. The molecule has 5 heteroatoms. The maximum absolute atomic E-state index is 6.63. The molecule has 0 N–H and O–H groups in total. The van der Waals surface area contributed by atoms with Crippen LogP contribution in [0.15, 0.2) is 148 Å². The predicted molar refractivity (Wildman–Crippen MR) is 213 cm³/mol. The van der Waals surface area contributed by atoms with E-state index in [1.165, 1.54) is 31.3 Å². The van der Waals surface area contributed by atoms with Crippen LogP contribution < -0.4 is 9.80 Å². The summed E-state index contributed by atoms with van der Waals surface area (Å²) < 4.78 is 15.6. The van der Waals surface area contributed by atoms with Crippen molar-refractivity contribution in [3.63, 3.8) is 0 Å². The van der Waals surface area contributed by atoms with Crippen LogP contribution in [0.3, 0.4) is 0 Å². The molecule has 0 fully saturated rings. The molecular weight excluding hydrogens is 633 g/mol. The highest BCUT2D eigenvalue weighted by Crippen LogP contribution is 2.42. The lowest BCUT2D eigenvalue weighted by atomic mass is 10.1. The lowest BCUT2D eigenvalue weighted by Crippen LogP contribution is -2.09. The summed E-state index contributed by atoms with van der Waals surface area (Å²) >= 11 is 1.84. The van der Waals surface area contributed by atoms with Gasteiger partial charge in [-0.05, 0) is 98.3 Å². The third kappa shape index (κ3) is 4.58. The zero-order valence-electron chi connectivity index (χ0n) is 27.9. The van der Waals surface area contributed by atoms with E-state index >= 15 is 0 Å². The predicted octanol–water partition coefficient (Wildman–Crippen LogP) is 13.7. The smallest absolute Gasteiger partial charge is 0.137 e. The van der Waals surface area contributed by atoms with Gasteiger partial charge in [0.25, 0.3) is 0 Å². The van der Waals surface area contributed by atoms with E-state index in [-0.39, 0.29) is 0 Å². The van der Waals surface area contributed by atoms with Crippen LogP contribution in [0, 0.1) is 13.8 Å². The van der Waals surface area contributed by atoms with E-state index in [1.807, 2.05) is 11.3 Å². The molecule has 3 aromatic heterocycles. The fourth-order valence-corrected chi connectivity index (χ4v) is 8.41. The quantitative estimate of drug-likeness (QED) is 0.183. The second-order valence-corrected chi connectivity index (χ2v) is 14.3. The number of thiophene rings is 1. The number of nitrogens with zero attached hydrogens (tertiary/aromatic N) is 2. The van der Waals surface area contributed by atoms with Crippen molar-refractivity contribution in [1.29, 1.82) is 0 Å². The molecule has 10 aromatic rings. The number of hydrogen-bond acceptors (Lipinski definition) is 5. The Morgan fingerprint density at radius 3 is 1.56 bits per heavy atom. The summed E-state index contributed by atoms with van der Waals surface area (Å²) in [4.78, 5) is 4.51. The van der Waals surface area contributed by atoms with Crippen LogP contribution in [-0.4, -0.2) is 7.05 Å². The minimum Gasteiger partial charge on any atom is -0.456 e. The maximum atomic E-state index is 6.63. The topological polar surface area (TPSA) is 32.8 Å². The van der Waals surface area contributed by atoms with E-state index in [0.717, 1.165) is 72.3 Å². The van der Waals surface area contributed by atoms with Gasteiger partial charge in [-0.3, -0.25) is 0 Å². The number of rotatable bonds is 5. The first-order valence-corrected chi connectivity index (χ1v) is 17.7. The van der Waals surface area contributed by atoms with Crippen molar-refractivity contribution in [2.24, 2.45) is 0 Å². The molecule has 0 amide bonds. The zero-order valence-corrected chi connectivity index (χ0v) is 28.7. The van der Waals surface area contributed by atoms with Gasteiger partial charge in [0.15, 0.2) is 0 Å². The zero-order chi connectivity index (χ0) is 33.5. The Balaban J connectivity index is 1.06. The average molecular weight is 665 g/mol. The van der Waals surface area contributed by atoms with Crippen molar-refractivity contribution >= 4 is 104 Å². The van der Waals surface area contributed by atoms with Crippen LogP contribution in [0.5, 0.6) is 0 Å². The van der Waals surface area contributed by atoms with Gasteiger partial charge in [0.2, 0.25) is 0 Å². The van der Waals surface area contributed by atoms with Crippen LogP contribution in [0.1, 0.15) is 11.1 Å². The van der Waals surface area contributed by atoms with Gasteiger partial charge in [-0.15, -0.1) is 11.3 Å². The summed E-state index contributed by atoms with van der Waals surface area (Å²) in [6.45, 7) is 4.21. The molecule has 0 saturated carbocycles. The van der Waals surface area contributed by atoms with Gasteiger partial charge >= 0.3 is 0 Å². The number of aryl methyl sites for hydroxylation is 2. The molecular formula is C45H32N2O2S. The normalized spacial score (nSPS) is 11.9. The van der Waals surface area contributed by atoms with Crippen LogP contribution >= 0.6 is 11.3 Å². The van der Waals surface area contributed by atoms with E-state index in [4.69, 9.17) is 8.83 Å². The van der Waals surface area contributed by atoms with Crippen molar-refractivity contribution in [2.75, 3.05) is 16.8 Å². The summed E-state index contributed by atoms with van der Waals surface area (Å²) in [6.07, 6.45) is 0. The fourth-order valence-electron chi connectivity index (χ4n) is 7.33. The van der Waals surface area contributed by atoms with Crippen LogP contribution in [0.25, 0.3) is 64.0 Å². The molecule has 3 heterocycles. The minimum atomic E-state index is 0.848. The third-order valence-electron chi connectivity index (χ3n) is 10.00. The highest BCUT2D eigenvalue weighted by molar-refractivity contribution is 7.25. The summed E-state index contributed by atoms with van der Waals surface area (Å²) in [5.41, 5.74) is 11.2. The lowest BCUT2D eigenvalue weighted by Gasteiger charge is -2.25. The molecule has 0 atom stereocenters. The highest BCUT2D eigenvalue weighted by atomic mass is 32.1. The van der Waals surface area contributed by atoms with Gasteiger partial charge < -0.3 is 18.6 Å². The van der Waals surface area contributed by atoms with Crippen LogP contribution in [0.4, 0.5) is 28.4 Å². The number of anilines is 5. The van der Waals surface area contributed by atoms with Gasteiger partial charge in [-0.1, -0.05) is 48.0 Å². The first-order valence-electron chi connectivity index (χ1n) is 16.9. The van der Waals surface area contributed by atoms with Crippen molar-refractivity contribution < 1.29 is 8.83 Å². The van der Waals surface area contributed by atoms with Gasteiger partial charge in [0.05, 0.1) is 0 Å². The molecule has 0 bridgehead atoms. The molecule has 50 heavy (non-hydrogen) atoms. The molecule has 240 valence electrons. The molecule has 0 aliphatic heterocycles. The average Bonchev–Trinajstić information content (AvgIpc) is 3.81. The Bertz CT molecular complexity index is 2930. The third-order valence-corrected chi connectivity index (χ3v) is 11.1. The molecule has 4 nitrogen and oxygen atoms in total. The Hall–Kier alpha value is -6.04. The van der Waals surface area contributed by atoms with E-state index < -0.39 is 0 Å². The first kappa shape index (κ1) is 28.9. The van der Waals surface area contributed by atoms with Gasteiger partial charge in [-0.25, -0.2) is 0 Å². The molecule has 0 radical (unpaired) electrons. The van der Waals surface area contributed by atoms with Crippen molar-refractivity contribution in [2.45, 2.75) is 13.8 Å². The molecule has 0 unspecified atom stereocenters. The lowest BCUT2D eigenvalue weighted by molar-refractivity contribution is 0.668. The van der Waals surface area contributed by atoms with Crippen molar-refractivity contribution in [3.8, 4) is 0 Å². The summed E-state index contributed by atoms with van der Waals surface area (Å²) in [5.74, 6) is 0. The molecule has 0 aliphatic rings. The standard InChI is InChI=1S/C45H32N2O2S/c1-27-8-11-29(12-9-27)47(32-14-19-36-34-17-10-28(2)22-40(34)48-42(36)25-32)33-15-20-37-35-18-13-31(24-41(35)49-43(37)26-33)46(3)30-16-21-45-39(23-30)38-6-4-5-7-44(38)50-45/h4-26H,1-3H3. The number of hydrogen-bond donors (Lipinski definition) is 0. The van der Waals surface area contributed by atoms with Crippen molar-refractivity contribution in [1.82, 2.24) is 0 Å². The van der Waals surface area contributed by atoms with Crippen LogP contribution in [0.2, 0.25) is 0 Å². The Labute approximate surface area is 293 Å². The van der Waals surface area contributed by atoms with Gasteiger partial charge in [0.1, 0.15) is 22.3 Å². The highest BCUT2D eigenvalue weighted by Gasteiger charge is 2.18. The summed E-state index contributed by atoms with van der Waals surface area (Å²) in [7, 11) is 2.12. The number of benzene rings is 7. The number of fused-ring (bicyclic) bond motifs is 9. The molecule has 0 aliphatic carbocycles. The van der Waals surface area contributed by atoms with Crippen LogP contribution in [-0.2, 0) is 0 Å². The summed E-state index contributed by atoms with van der Waals surface area (Å²) in [5, 5.41) is 7.04. The van der Waals surface area contributed by atoms with E-state index in [0.29, 0.717) is 0 Å². The largest absolute Gasteiger partial charge is 0.456 e. The monoisotopic (exact) mass is 664 g/mol. The van der Waals surface area contributed by atoms with Gasteiger partial charge in [0, 0.05) is 95.4 Å². The SMILES string of the molecule is Cc1ccc(N(c2ccc3c(c2)oc2cc(C)ccc23)c2ccc3c(c2)oc2cc(N(C)c4ccc5sc6ccccc6c5c4)ccc23)cc1. The molecule has 7 aromatic carbocycles. The Kier molecular flexibility index (Phi) is 6.36. The second-order valence-electron chi connectivity index (χ2n) is 13.3. The fraction of sp³-hybridized carbons (Fsp3) is 0.0667. The molecule has 0 saturated heterocycles. The van der Waals surface area contributed by atoms with E-state index in [9.17, 15) is 0 Å². The first-order chi connectivity index (χ1) is 24.5. The van der Waals surface area contributed by atoms with E-state index in [2.05, 4.69) is 170 Å². The molecule has 10 rings (SSSR count). The second kappa shape index (κ2) is 11.0. The summed E-state index contributed by atoms with van der Waals surface area (Å²) in [6, 6.07) is 49.9. The Morgan fingerprint density at radius 2 is 0.880 bits per heavy atom. The van der Waals surface area contributed by atoms with Crippen molar-refractivity contribution in [3.05, 3.63) is 151 Å². The van der Waals surface area contributed by atoms with Gasteiger partial charge in [-0.2, -0.15) is 0 Å². The Morgan fingerprint density at radius 1 is 0.400 bits per heavy atom.